The Kier molecular flexibility index (Phi) is 12.4. The molecule has 0 spiro atoms. The Bertz CT molecular complexity index is 1890. The van der Waals surface area contributed by atoms with Crippen LogP contribution in [-0.4, -0.2) is 52.1 Å². The third-order valence-corrected chi connectivity index (χ3v) is 6.64. The molecule has 0 aliphatic heterocycles. The van der Waals surface area contributed by atoms with Crippen molar-refractivity contribution in [2.24, 2.45) is 10.9 Å². The molecule has 0 atom stereocenters. The van der Waals surface area contributed by atoms with E-state index < -0.39 is 68.2 Å². The molecule has 248 valence electrons. The van der Waals surface area contributed by atoms with Crippen LogP contribution < -0.4 is 32.1 Å². The van der Waals surface area contributed by atoms with E-state index in [0.29, 0.717) is 0 Å². The Morgan fingerprint density at radius 1 is 0.787 bits per heavy atom. The summed E-state index contributed by atoms with van der Waals surface area (Å²) in [6, 6.07) is 4.59. The molecule has 2 aromatic heterocycles. The van der Waals surface area contributed by atoms with Crippen molar-refractivity contribution < 1.29 is 40.4 Å². The monoisotopic (exact) mass is 698 g/mol. The second-order valence-electron chi connectivity index (χ2n) is 8.99. The first-order valence-corrected chi connectivity index (χ1v) is 14.9. The summed E-state index contributed by atoms with van der Waals surface area (Å²) in [5.74, 6) is -5.55. The molecule has 0 saturated carbocycles. The number of hydrogen-bond acceptors (Lipinski definition) is 9. The van der Waals surface area contributed by atoms with E-state index in [-0.39, 0.29) is 40.9 Å². The summed E-state index contributed by atoms with van der Waals surface area (Å²) in [5.41, 5.74) is 2.99. The van der Waals surface area contributed by atoms with Crippen LogP contribution in [0.5, 0.6) is 0 Å². The zero-order chi connectivity index (χ0) is 34.7. The number of primary sulfonamides is 1. The topological polar surface area (TPSA) is 237 Å². The van der Waals surface area contributed by atoms with Gasteiger partial charge in [-0.15, -0.1) is 0 Å². The molecule has 8 N–H and O–H groups in total. The lowest BCUT2D eigenvalue weighted by atomic mass is 10.1. The Hall–Kier alpha value is -5.47. The number of amides is 5. The van der Waals surface area contributed by atoms with E-state index in [4.69, 9.17) is 22.5 Å². The number of nitrogens with one attached hydrogen (secondary N) is 4. The number of carbonyl (C=O) groups excluding carboxylic acids is 3. The summed E-state index contributed by atoms with van der Waals surface area (Å²) in [6.45, 7) is 0. The lowest BCUT2D eigenvalue weighted by molar-refractivity contribution is 0.0996. The van der Waals surface area contributed by atoms with Gasteiger partial charge in [0.2, 0.25) is 10.0 Å². The molecular weight excluding hydrogens is 676 g/mol. The molecule has 4 rings (SSSR count). The molecule has 0 radical (unpaired) electrons. The maximum absolute atomic E-state index is 14.4. The number of aromatic nitrogens is 4. The van der Waals surface area contributed by atoms with Crippen LogP contribution in [0.25, 0.3) is 0 Å². The number of sulfonamides is 1. The van der Waals surface area contributed by atoms with E-state index in [2.05, 4.69) is 30.6 Å². The Morgan fingerprint density at radius 3 is 1.96 bits per heavy atom. The third kappa shape index (κ3) is 11.1. The number of carbonyl (C=O) groups is 3. The average Bonchev–Trinajstić information content (AvgIpc) is 2.98. The fourth-order valence-corrected chi connectivity index (χ4v) is 4.21. The molecule has 0 bridgehead atoms. The summed E-state index contributed by atoms with van der Waals surface area (Å²) >= 11 is 5.65. The first-order chi connectivity index (χ1) is 22.1. The number of anilines is 4. The van der Waals surface area contributed by atoms with Gasteiger partial charge in [0.05, 0.1) is 11.3 Å². The number of aryl methyl sites for hydroxylation is 1. The highest BCUT2D eigenvalue weighted by atomic mass is 35.5. The number of urea groups is 2. The van der Waals surface area contributed by atoms with Gasteiger partial charge in [-0.3, -0.25) is 15.4 Å². The molecule has 4 aromatic rings. The van der Waals surface area contributed by atoms with Gasteiger partial charge in [-0.2, -0.15) is 0 Å². The number of nitrogens with zero attached hydrogens (tertiary/aromatic N) is 4. The predicted molar refractivity (Wildman–Crippen MR) is 162 cm³/mol. The largest absolute Gasteiger partial charge is 0.366 e. The number of hydrogen-bond donors (Lipinski definition) is 6. The van der Waals surface area contributed by atoms with E-state index >= 15 is 0 Å². The first kappa shape index (κ1) is 36.0. The lowest BCUT2D eigenvalue weighted by Crippen LogP contribution is -2.23. The maximum atomic E-state index is 14.4. The van der Waals surface area contributed by atoms with E-state index in [0.717, 1.165) is 24.5 Å². The third-order valence-electron chi connectivity index (χ3n) is 5.58. The number of rotatable bonds is 9. The smallest absolute Gasteiger partial charge is 0.325 e. The van der Waals surface area contributed by atoms with E-state index in [1.54, 1.807) is 0 Å². The van der Waals surface area contributed by atoms with Gasteiger partial charge >= 0.3 is 12.1 Å². The fourth-order valence-electron chi connectivity index (χ4n) is 3.51. The van der Waals surface area contributed by atoms with Crippen LogP contribution in [0.15, 0.2) is 55.2 Å². The van der Waals surface area contributed by atoms with E-state index in [1.807, 2.05) is 10.6 Å². The summed E-state index contributed by atoms with van der Waals surface area (Å²) in [4.78, 5) is 49.2. The van der Waals surface area contributed by atoms with E-state index in [1.165, 1.54) is 30.7 Å². The number of nitrogens with two attached hydrogens (primary N) is 2. The molecule has 15 nitrogen and oxygen atoms in total. The quantitative estimate of drug-likeness (QED) is 0.110. The first-order valence-electron chi connectivity index (χ1n) is 12.8. The van der Waals surface area contributed by atoms with E-state index in [9.17, 15) is 40.4 Å². The van der Waals surface area contributed by atoms with Gasteiger partial charge < -0.3 is 16.4 Å². The maximum Gasteiger partial charge on any atom is 0.325 e. The van der Waals surface area contributed by atoms with Gasteiger partial charge in [-0.1, -0.05) is 17.7 Å². The summed E-state index contributed by atoms with van der Waals surface area (Å²) in [5, 5.41) is 13.4. The highest BCUT2D eigenvalue weighted by molar-refractivity contribution is 7.89. The molecule has 47 heavy (non-hydrogen) atoms. The average molecular weight is 699 g/mol. The van der Waals surface area contributed by atoms with Crippen molar-refractivity contribution in [2.45, 2.75) is 12.8 Å². The van der Waals surface area contributed by atoms with Crippen molar-refractivity contribution in [3.05, 3.63) is 94.8 Å². The molecule has 0 unspecified atom stereocenters. The van der Waals surface area contributed by atoms with Crippen LogP contribution in [0.2, 0.25) is 5.15 Å². The van der Waals surface area contributed by atoms with Crippen LogP contribution >= 0.6 is 11.6 Å². The van der Waals surface area contributed by atoms with Crippen LogP contribution in [0.4, 0.5) is 50.2 Å². The number of primary amides is 1. The molecule has 5 amide bonds. The molecule has 0 aliphatic rings. The second kappa shape index (κ2) is 16.2. The minimum Gasteiger partial charge on any atom is -0.366 e. The number of halogens is 5. The van der Waals surface area contributed by atoms with Gasteiger partial charge in [0.25, 0.3) is 5.91 Å². The lowest BCUT2D eigenvalue weighted by Gasteiger charge is -2.11. The Labute approximate surface area is 268 Å². The molecule has 21 heteroatoms. The van der Waals surface area contributed by atoms with Crippen LogP contribution in [-0.2, 0) is 16.4 Å². The summed E-state index contributed by atoms with van der Waals surface area (Å²) in [6.07, 6.45) is 3.71. The predicted octanol–water partition coefficient (Wildman–Crippen LogP) is 3.77. The zero-order valence-corrected chi connectivity index (χ0v) is 25.2. The molecule has 2 aromatic carbocycles. The standard InChI is InChI=1S/C14H14ClF2N5O3S.C12H9F2N5O2/c15-10-6-11(20-7-19-10)21-14(23)22-13-9(16)4-3-8(12(13)17)2-1-5-26(18,24)25;13-7-2-1-6(11(15)20)9(14)10(7)19-12(21)18-8-3-4-16-5-17-8/h3-4,6-7H,1-2,5H2,(H2,18,24,25)(H2,19,20,21,22,23);1-5H,(H2,15,20)(H2,16,17,18,19,21). The second-order valence-corrected chi connectivity index (χ2v) is 11.1. The van der Waals surface area contributed by atoms with Gasteiger partial charge in [0.15, 0.2) is 11.6 Å². The molecular formula is C26H23ClF4N10O5S. The summed E-state index contributed by atoms with van der Waals surface area (Å²) in [7, 11) is -3.68. The van der Waals surface area contributed by atoms with Crippen molar-refractivity contribution in [1.29, 1.82) is 0 Å². The van der Waals surface area contributed by atoms with Crippen LogP contribution in [0, 0.1) is 23.3 Å². The van der Waals surface area contributed by atoms with Crippen LogP contribution in [0.1, 0.15) is 22.3 Å². The van der Waals surface area contributed by atoms with Crippen molar-refractivity contribution in [3.63, 3.8) is 0 Å². The van der Waals surface area contributed by atoms with Gasteiger partial charge in [-0.25, -0.2) is 60.6 Å². The SMILES string of the molecule is NC(=O)c1ccc(F)c(NC(=O)Nc2ccncn2)c1F.NS(=O)(=O)CCCc1ccc(F)c(NC(=O)Nc2cc(Cl)ncn2)c1F. The van der Waals surface area contributed by atoms with Crippen molar-refractivity contribution in [1.82, 2.24) is 19.9 Å². The van der Waals surface area contributed by atoms with Crippen molar-refractivity contribution in [2.75, 3.05) is 27.0 Å². The summed E-state index contributed by atoms with van der Waals surface area (Å²) < 4.78 is 77.5. The zero-order valence-electron chi connectivity index (χ0n) is 23.6. The minimum absolute atomic E-state index is 0.000358. The highest BCUT2D eigenvalue weighted by Crippen LogP contribution is 2.24. The van der Waals surface area contributed by atoms with Gasteiger partial charge in [-0.05, 0) is 42.7 Å². The highest BCUT2D eigenvalue weighted by Gasteiger charge is 2.19. The van der Waals surface area contributed by atoms with Crippen molar-refractivity contribution in [3.8, 4) is 0 Å². The van der Waals surface area contributed by atoms with Crippen LogP contribution in [0.3, 0.4) is 0 Å². The van der Waals surface area contributed by atoms with Crippen molar-refractivity contribution >= 4 is 62.6 Å². The minimum atomic E-state index is -3.68. The Balaban J connectivity index is 0.000000261. The normalized spacial score (nSPS) is 10.7. The fraction of sp³-hybridized carbons (Fsp3) is 0.115. The molecule has 0 aliphatic carbocycles. The van der Waals surface area contributed by atoms with Gasteiger partial charge in [0, 0.05) is 12.3 Å². The van der Waals surface area contributed by atoms with Gasteiger partial charge in [0.1, 0.15) is 52.5 Å². The molecule has 0 fully saturated rings. The number of benzene rings is 2. The molecule has 2 heterocycles. The molecule has 0 saturated heterocycles. The Morgan fingerprint density at radius 2 is 1.38 bits per heavy atom.